The molecule has 1 aromatic carbocycles. The van der Waals surface area contributed by atoms with Crippen LogP contribution in [0.5, 0.6) is 17.2 Å². The molecule has 5 nitrogen and oxygen atoms in total. The van der Waals surface area contributed by atoms with Gasteiger partial charge in [0.05, 0.1) is 27.0 Å². The third-order valence-electron chi connectivity index (χ3n) is 2.45. The van der Waals surface area contributed by atoms with Gasteiger partial charge in [-0.2, -0.15) is 4.89 Å². The van der Waals surface area contributed by atoms with Crippen molar-refractivity contribution >= 4 is 5.69 Å². The van der Waals surface area contributed by atoms with Crippen molar-refractivity contribution in [2.45, 2.75) is 13.8 Å². The quantitative estimate of drug-likeness (QED) is 0.483. The van der Waals surface area contributed by atoms with Crippen LogP contribution in [0.3, 0.4) is 0 Å². The fourth-order valence-electron chi connectivity index (χ4n) is 1.63. The maximum Gasteiger partial charge on any atom is 0.212 e. The molecule has 0 unspecified atom stereocenters. The molecule has 90 valence electrons. The van der Waals surface area contributed by atoms with E-state index in [1.165, 1.54) is 7.11 Å². The highest BCUT2D eigenvalue weighted by Crippen LogP contribution is 2.44. The van der Waals surface area contributed by atoms with Crippen molar-refractivity contribution in [1.82, 2.24) is 0 Å². The predicted octanol–water partition coefficient (Wildman–Crippen LogP) is 1.84. The molecule has 0 aliphatic carbocycles. The second-order valence-electron chi connectivity index (χ2n) is 3.31. The molecular formula is C11H17NO4. The largest absolute Gasteiger partial charge is 0.494 e. The number of nitrogen functional groups attached to an aromatic ring is 1. The molecule has 0 aliphatic heterocycles. The Morgan fingerprint density at radius 1 is 0.812 bits per heavy atom. The summed E-state index contributed by atoms with van der Waals surface area (Å²) in [6.45, 7) is 3.66. The van der Waals surface area contributed by atoms with Crippen molar-refractivity contribution in [1.29, 1.82) is 0 Å². The average molecular weight is 227 g/mol. The summed E-state index contributed by atoms with van der Waals surface area (Å²) in [5.41, 5.74) is 7.95. The van der Waals surface area contributed by atoms with Gasteiger partial charge in [0.25, 0.3) is 0 Å². The van der Waals surface area contributed by atoms with Crippen molar-refractivity contribution in [2.75, 3.05) is 27.1 Å². The number of ether oxygens (including phenoxy) is 2. The minimum absolute atomic E-state index is 0.473. The van der Waals surface area contributed by atoms with Gasteiger partial charge in [-0.25, -0.2) is 0 Å². The number of rotatable bonds is 4. The van der Waals surface area contributed by atoms with E-state index >= 15 is 0 Å². The van der Waals surface area contributed by atoms with Crippen LogP contribution in [0.2, 0.25) is 0 Å². The van der Waals surface area contributed by atoms with Gasteiger partial charge >= 0.3 is 0 Å². The molecule has 0 spiro atoms. The van der Waals surface area contributed by atoms with Crippen molar-refractivity contribution in [3.05, 3.63) is 11.1 Å². The maximum absolute atomic E-state index is 5.93. The Balaban J connectivity index is 3.49. The highest BCUT2D eigenvalue weighted by atomic mass is 17.2. The van der Waals surface area contributed by atoms with E-state index in [1.54, 1.807) is 14.2 Å². The number of hydrogen-bond acceptors (Lipinski definition) is 5. The molecule has 16 heavy (non-hydrogen) atoms. The van der Waals surface area contributed by atoms with E-state index in [0.717, 1.165) is 11.1 Å². The Bertz CT molecular complexity index is 390. The molecular weight excluding hydrogens is 210 g/mol. The van der Waals surface area contributed by atoms with Gasteiger partial charge in [0.15, 0.2) is 5.75 Å². The standard InChI is InChI=1S/C11H17NO4/c1-6-8(12)9(13-3)7(2)10(14-4)11(6)16-15-5/h12H2,1-5H3. The maximum atomic E-state index is 5.93. The lowest BCUT2D eigenvalue weighted by Crippen LogP contribution is -2.05. The fraction of sp³-hybridized carbons (Fsp3) is 0.455. The Labute approximate surface area is 95.0 Å². The van der Waals surface area contributed by atoms with E-state index in [0.29, 0.717) is 22.9 Å². The predicted molar refractivity (Wildman–Crippen MR) is 61.1 cm³/mol. The molecule has 0 aliphatic rings. The molecule has 5 heteroatoms. The highest BCUT2D eigenvalue weighted by molar-refractivity contribution is 5.72. The minimum Gasteiger partial charge on any atom is -0.494 e. The van der Waals surface area contributed by atoms with Crippen molar-refractivity contribution in [3.8, 4) is 17.2 Å². The molecule has 0 fully saturated rings. The van der Waals surface area contributed by atoms with Crippen LogP contribution in [0.25, 0.3) is 0 Å². The second kappa shape index (κ2) is 4.94. The van der Waals surface area contributed by atoms with E-state index in [1.807, 2.05) is 13.8 Å². The molecule has 0 atom stereocenters. The van der Waals surface area contributed by atoms with Crippen LogP contribution in [0.15, 0.2) is 0 Å². The van der Waals surface area contributed by atoms with Gasteiger partial charge in [0.2, 0.25) is 5.75 Å². The van der Waals surface area contributed by atoms with Gasteiger partial charge in [0.1, 0.15) is 5.75 Å². The van der Waals surface area contributed by atoms with Crippen molar-refractivity contribution in [3.63, 3.8) is 0 Å². The highest BCUT2D eigenvalue weighted by Gasteiger charge is 2.21. The summed E-state index contributed by atoms with van der Waals surface area (Å²) >= 11 is 0. The zero-order chi connectivity index (χ0) is 12.3. The average Bonchev–Trinajstić information content (AvgIpc) is 2.27. The summed E-state index contributed by atoms with van der Waals surface area (Å²) in [5, 5.41) is 0. The van der Waals surface area contributed by atoms with Gasteiger partial charge in [0, 0.05) is 11.1 Å². The van der Waals surface area contributed by atoms with Crippen LogP contribution >= 0.6 is 0 Å². The Kier molecular flexibility index (Phi) is 3.84. The van der Waals surface area contributed by atoms with Crippen LogP contribution in [-0.2, 0) is 4.89 Å². The lowest BCUT2D eigenvalue weighted by atomic mass is 10.1. The first-order valence-corrected chi connectivity index (χ1v) is 4.79. The molecule has 0 heterocycles. The van der Waals surface area contributed by atoms with Crippen LogP contribution in [0.1, 0.15) is 11.1 Å². The molecule has 0 bridgehead atoms. The molecule has 2 N–H and O–H groups in total. The van der Waals surface area contributed by atoms with Crippen LogP contribution in [-0.4, -0.2) is 21.3 Å². The van der Waals surface area contributed by atoms with Gasteiger partial charge in [-0.1, -0.05) is 0 Å². The Morgan fingerprint density at radius 2 is 1.38 bits per heavy atom. The van der Waals surface area contributed by atoms with E-state index in [4.69, 9.17) is 20.1 Å². The van der Waals surface area contributed by atoms with Crippen LogP contribution in [0.4, 0.5) is 5.69 Å². The Hall–Kier alpha value is -1.62. The molecule has 0 saturated heterocycles. The van der Waals surface area contributed by atoms with Crippen molar-refractivity contribution in [2.24, 2.45) is 0 Å². The van der Waals surface area contributed by atoms with Gasteiger partial charge < -0.3 is 20.1 Å². The lowest BCUT2D eigenvalue weighted by molar-refractivity contribution is -0.179. The Morgan fingerprint density at radius 3 is 1.81 bits per heavy atom. The van der Waals surface area contributed by atoms with Gasteiger partial charge in [-0.15, -0.1) is 0 Å². The first-order valence-electron chi connectivity index (χ1n) is 4.79. The molecule has 0 radical (unpaired) electrons. The first-order chi connectivity index (χ1) is 7.58. The van der Waals surface area contributed by atoms with Gasteiger partial charge in [-0.3, -0.25) is 0 Å². The SMILES string of the molecule is COOc1c(C)c(N)c(OC)c(C)c1OC. The second-order valence-corrected chi connectivity index (χ2v) is 3.31. The van der Waals surface area contributed by atoms with Crippen LogP contribution < -0.4 is 20.1 Å². The first kappa shape index (κ1) is 12.4. The minimum atomic E-state index is 0.473. The molecule has 0 amide bonds. The van der Waals surface area contributed by atoms with E-state index in [2.05, 4.69) is 4.89 Å². The molecule has 1 aromatic rings. The summed E-state index contributed by atoms with van der Waals surface area (Å²) in [4.78, 5) is 9.72. The summed E-state index contributed by atoms with van der Waals surface area (Å²) in [5.74, 6) is 1.63. The molecule has 0 aromatic heterocycles. The summed E-state index contributed by atoms with van der Waals surface area (Å²) < 4.78 is 10.5. The summed E-state index contributed by atoms with van der Waals surface area (Å²) in [6, 6.07) is 0. The fourth-order valence-corrected chi connectivity index (χ4v) is 1.63. The summed E-state index contributed by atoms with van der Waals surface area (Å²) in [7, 11) is 4.54. The van der Waals surface area contributed by atoms with E-state index < -0.39 is 0 Å². The van der Waals surface area contributed by atoms with E-state index in [9.17, 15) is 0 Å². The lowest BCUT2D eigenvalue weighted by Gasteiger charge is -2.18. The number of anilines is 1. The third kappa shape index (κ3) is 1.86. The van der Waals surface area contributed by atoms with Crippen LogP contribution in [0, 0.1) is 13.8 Å². The molecule has 1 rings (SSSR count). The van der Waals surface area contributed by atoms with E-state index in [-0.39, 0.29) is 0 Å². The number of nitrogens with two attached hydrogens (primary N) is 1. The molecule has 0 saturated carbocycles. The summed E-state index contributed by atoms with van der Waals surface area (Å²) in [6.07, 6.45) is 0. The van der Waals surface area contributed by atoms with Crippen molar-refractivity contribution < 1.29 is 19.2 Å². The zero-order valence-electron chi connectivity index (χ0n) is 10.2. The van der Waals surface area contributed by atoms with Gasteiger partial charge in [-0.05, 0) is 13.8 Å². The normalized spacial score (nSPS) is 10.1. The number of benzene rings is 1. The zero-order valence-corrected chi connectivity index (χ0v) is 10.2. The topological polar surface area (TPSA) is 62.9 Å². The smallest absolute Gasteiger partial charge is 0.212 e. The monoisotopic (exact) mass is 227 g/mol. The number of hydrogen-bond donors (Lipinski definition) is 1. The number of methoxy groups -OCH3 is 2. The third-order valence-corrected chi connectivity index (χ3v) is 2.45.